The van der Waals surface area contributed by atoms with Gasteiger partial charge in [0.05, 0.1) is 0 Å². The summed E-state index contributed by atoms with van der Waals surface area (Å²) in [5, 5.41) is 0.701. The maximum Gasteiger partial charge on any atom is 0.267 e. The van der Waals surface area contributed by atoms with Crippen LogP contribution in [-0.2, 0) is 7.05 Å². The van der Waals surface area contributed by atoms with E-state index in [1.807, 2.05) is 0 Å². The number of nitrogens with two attached hydrogens (primary N) is 1. The van der Waals surface area contributed by atoms with Crippen molar-refractivity contribution in [2.45, 2.75) is 12.3 Å². The predicted octanol–water partition coefficient (Wildman–Crippen LogP) is 3.22. The summed E-state index contributed by atoms with van der Waals surface area (Å²) < 4.78 is 29.8. The zero-order valence-electron chi connectivity index (χ0n) is 18.0. The molecule has 3 aromatic heterocycles. The average Bonchev–Trinajstić information content (AvgIpc) is 3.29. The number of hydrogen-bond acceptors (Lipinski definition) is 3. The first-order chi connectivity index (χ1) is 16.3. The number of carbonyl (C=O) groups is 1. The fourth-order valence-corrected chi connectivity index (χ4v) is 3.62. The number of amides is 1. The van der Waals surface area contributed by atoms with Crippen LogP contribution >= 0.6 is 0 Å². The van der Waals surface area contributed by atoms with Crippen LogP contribution in [0.5, 0.6) is 0 Å². The third-order valence-electron chi connectivity index (χ3n) is 5.30. The highest BCUT2D eigenvalue weighted by atomic mass is 19.1. The number of hydrogen-bond donors (Lipinski definition) is 2. The zero-order valence-corrected chi connectivity index (χ0v) is 18.0. The van der Waals surface area contributed by atoms with Gasteiger partial charge < -0.3 is 15.3 Å². The molecule has 0 saturated heterocycles. The number of benzene rings is 1. The lowest BCUT2D eigenvalue weighted by Gasteiger charge is -2.16. The number of primary amides is 1. The van der Waals surface area contributed by atoms with Crippen LogP contribution in [0.15, 0.2) is 59.7 Å². The van der Waals surface area contributed by atoms with Crippen LogP contribution in [0.25, 0.3) is 11.0 Å². The molecule has 1 amide bonds. The molecule has 34 heavy (non-hydrogen) atoms. The van der Waals surface area contributed by atoms with E-state index in [0.29, 0.717) is 22.2 Å². The number of rotatable bonds is 4. The van der Waals surface area contributed by atoms with Crippen LogP contribution in [0, 0.1) is 35.3 Å². The molecule has 0 aliphatic heterocycles. The summed E-state index contributed by atoms with van der Waals surface area (Å²) in [6.45, 7) is 0. The molecule has 168 valence electrons. The number of aryl methyl sites for hydroxylation is 1. The van der Waals surface area contributed by atoms with E-state index in [-0.39, 0.29) is 23.2 Å². The second kappa shape index (κ2) is 9.43. The van der Waals surface area contributed by atoms with Gasteiger partial charge in [0.25, 0.3) is 11.5 Å². The predicted molar refractivity (Wildman–Crippen MR) is 124 cm³/mol. The molecule has 0 saturated carbocycles. The molecule has 4 rings (SSSR count). The molecule has 0 fully saturated rings. The van der Waals surface area contributed by atoms with E-state index in [1.165, 1.54) is 10.6 Å². The minimum atomic E-state index is -0.788. The van der Waals surface area contributed by atoms with Crippen molar-refractivity contribution in [3.8, 4) is 23.7 Å². The van der Waals surface area contributed by atoms with Gasteiger partial charge in [-0.05, 0) is 53.8 Å². The summed E-state index contributed by atoms with van der Waals surface area (Å²) in [6.07, 6.45) is 3.29. The molecule has 3 N–H and O–H groups in total. The van der Waals surface area contributed by atoms with Gasteiger partial charge in [-0.15, -0.1) is 0 Å². The van der Waals surface area contributed by atoms with Crippen molar-refractivity contribution >= 4 is 16.9 Å². The lowest BCUT2D eigenvalue weighted by atomic mass is 9.89. The molecule has 1 atom stereocenters. The highest BCUT2D eigenvalue weighted by molar-refractivity contribution is 5.95. The van der Waals surface area contributed by atoms with Gasteiger partial charge in [0.1, 0.15) is 23.0 Å². The molecular formula is C26H18F2N4O2. The maximum atomic E-state index is 14.6. The molecule has 0 aliphatic rings. The van der Waals surface area contributed by atoms with Gasteiger partial charge in [-0.2, -0.15) is 0 Å². The largest absolute Gasteiger partial charge is 0.364 e. The zero-order chi connectivity index (χ0) is 24.2. The van der Waals surface area contributed by atoms with Crippen molar-refractivity contribution in [2.24, 2.45) is 12.8 Å². The topological polar surface area (TPSA) is 93.8 Å². The van der Waals surface area contributed by atoms with E-state index in [0.717, 1.165) is 18.2 Å². The third kappa shape index (κ3) is 4.57. The SMILES string of the molecule is Cn1cccc(C(CC#CC#Cc2cc(C(N)=O)nc3[nH]ccc23)c2cc(F)ccc2F)c1=O. The molecule has 0 aliphatic carbocycles. The van der Waals surface area contributed by atoms with Crippen LogP contribution in [0.2, 0.25) is 0 Å². The van der Waals surface area contributed by atoms with Gasteiger partial charge in [-0.25, -0.2) is 13.8 Å². The van der Waals surface area contributed by atoms with E-state index < -0.39 is 23.5 Å². The molecule has 0 spiro atoms. The molecule has 1 unspecified atom stereocenters. The number of aromatic nitrogens is 3. The summed E-state index contributed by atoms with van der Waals surface area (Å²) in [7, 11) is 1.58. The van der Waals surface area contributed by atoms with E-state index in [2.05, 4.69) is 33.6 Å². The van der Waals surface area contributed by atoms with E-state index in [9.17, 15) is 18.4 Å². The standard InChI is InChI=1S/C26H18F2N4O2/c1-32-13-5-8-20(26(32)34)19(21-15-17(27)9-10-22(21)28)7-4-2-3-6-16-14-23(24(29)33)31-25-18(16)11-12-30-25/h5,8-15,19H,7H2,1H3,(H2,29,33)(H,30,31). The number of nitrogens with one attached hydrogen (secondary N) is 1. The van der Waals surface area contributed by atoms with Crippen molar-refractivity contribution in [3.05, 3.63) is 99.2 Å². The second-order valence-corrected chi connectivity index (χ2v) is 7.51. The van der Waals surface area contributed by atoms with Gasteiger partial charge in [-0.3, -0.25) is 9.59 Å². The quantitative estimate of drug-likeness (QED) is 0.462. The van der Waals surface area contributed by atoms with Gasteiger partial charge in [-0.1, -0.05) is 17.9 Å². The summed E-state index contributed by atoms with van der Waals surface area (Å²) in [5.41, 5.74) is 6.39. The van der Waals surface area contributed by atoms with E-state index in [1.54, 1.807) is 37.6 Å². The number of nitrogens with zero attached hydrogens (tertiary/aromatic N) is 2. The first-order valence-electron chi connectivity index (χ1n) is 10.2. The van der Waals surface area contributed by atoms with Crippen molar-refractivity contribution in [1.82, 2.24) is 14.5 Å². The number of aromatic amines is 1. The van der Waals surface area contributed by atoms with Gasteiger partial charge in [0.15, 0.2) is 0 Å². The first-order valence-corrected chi connectivity index (χ1v) is 10.2. The maximum absolute atomic E-state index is 14.6. The Kier molecular flexibility index (Phi) is 6.24. The number of halogens is 2. The Morgan fingerprint density at radius 2 is 2.00 bits per heavy atom. The Morgan fingerprint density at radius 3 is 2.79 bits per heavy atom. The normalized spacial score (nSPS) is 11.3. The Labute approximate surface area is 193 Å². The molecule has 4 aromatic rings. The van der Waals surface area contributed by atoms with Crippen molar-refractivity contribution in [2.75, 3.05) is 0 Å². The third-order valence-corrected chi connectivity index (χ3v) is 5.30. The highest BCUT2D eigenvalue weighted by Gasteiger charge is 2.21. The summed E-state index contributed by atoms with van der Waals surface area (Å²) in [5.74, 6) is 8.41. The van der Waals surface area contributed by atoms with Crippen molar-refractivity contribution in [1.29, 1.82) is 0 Å². The van der Waals surface area contributed by atoms with Crippen LogP contribution in [0.3, 0.4) is 0 Å². The molecule has 6 nitrogen and oxygen atoms in total. The number of H-pyrrole nitrogens is 1. The average molecular weight is 456 g/mol. The minimum absolute atomic E-state index is 0.0384. The highest BCUT2D eigenvalue weighted by Crippen LogP contribution is 2.28. The van der Waals surface area contributed by atoms with Gasteiger partial charge in [0, 0.05) is 48.3 Å². The molecule has 0 bridgehead atoms. The Morgan fingerprint density at radius 1 is 1.18 bits per heavy atom. The Bertz CT molecular complexity index is 1600. The molecule has 1 aromatic carbocycles. The van der Waals surface area contributed by atoms with Crippen molar-refractivity contribution < 1.29 is 13.6 Å². The molecule has 8 heteroatoms. The van der Waals surface area contributed by atoms with E-state index in [4.69, 9.17) is 5.73 Å². The van der Waals surface area contributed by atoms with Crippen LogP contribution in [0.1, 0.15) is 39.5 Å². The fraction of sp³-hybridized carbons (Fsp3) is 0.115. The smallest absolute Gasteiger partial charge is 0.267 e. The first kappa shape index (κ1) is 22.5. The minimum Gasteiger partial charge on any atom is -0.364 e. The number of pyridine rings is 2. The van der Waals surface area contributed by atoms with E-state index >= 15 is 0 Å². The van der Waals surface area contributed by atoms with Crippen LogP contribution < -0.4 is 11.3 Å². The number of carbonyl (C=O) groups excluding carboxylic acids is 1. The van der Waals surface area contributed by atoms with Gasteiger partial charge in [0.2, 0.25) is 0 Å². The van der Waals surface area contributed by atoms with Crippen molar-refractivity contribution in [3.63, 3.8) is 0 Å². The fourth-order valence-electron chi connectivity index (χ4n) is 3.62. The van der Waals surface area contributed by atoms with Crippen LogP contribution in [0.4, 0.5) is 8.78 Å². The Hall–Kier alpha value is -4.69. The second-order valence-electron chi connectivity index (χ2n) is 7.51. The lowest BCUT2D eigenvalue weighted by molar-refractivity contribution is 0.0996. The summed E-state index contributed by atoms with van der Waals surface area (Å²) in [6, 6.07) is 9.61. The lowest BCUT2D eigenvalue weighted by Crippen LogP contribution is -2.23. The molecule has 3 heterocycles. The number of fused-ring (bicyclic) bond motifs is 1. The van der Waals surface area contributed by atoms with Gasteiger partial charge >= 0.3 is 0 Å². The van der Waals surface area contributed by atoms with Crippen LogP contribution in [-0.4, -0.2) is 20.4 Å². The summed E-state index contributed by atoms with van der Waals surface area (Å²) in [4.78, 5) is 31.2. The monoisotopic (exact) mass is 456 g/mol. The Balaban J connectivity index is 1.69. The molecule has 0 radical (unpaired) electrons. The summed E-state index contributed by atoms with van der Waals surface area (Å²) >= 11 is 0. The molecular weight excluding hydrogens is 438 g/mol.